The first kappa shape index (κ1) is 10.0. The van der Waals surface area contributed by atoms with E-state index in [1.165, 1.54) is 19.3 Å². The van der Waals surface area contributed by atoms with Crippen LogP contribution in [0.3, 0.4) is 0 Å². The molecular weight excluding hydrogens is 150 g/mol. The van der Waals surface area contributed by atoms with E-state index in [0.717, 1.165) is 13.0 Å². The van der Waals surface area contributed by atoms with E-state index in [4.69, 9.17) is 0 Å². The summed E-state index contributed by atoms with van der Waals surface area (Å²) in [6.45, 7) is 5.08. The van der Waals surface area contributed by atoms with Gasteiger partial charge in [-0.3, -0.25) is 0 Å². The Bertz CT molecular complexity index is 123. The van der Waals surface area contributed by atoms with Crippen LogP contribution in [0.25, 0.3) is 0 Å². The smallest absolute Gasteiger partial charge is 0.0690 e. The highest BCUT2D eigenvalue weighted by molar-refractivity contribution is 4.82. The predicted octanol–water partition coefficient (Wildman–Crippen LogP) is 1.54. The Morgan fingerprint density at radius 2 is 2.17 bits per heavy atom. The molecule has 0 spiro atoms. The van der Waals surface area contributed by atoms with Crippen molar-refractivity contribution in [2.24, 2.45) is 5.92 Å². The number of hydrogen-bond acceptors (Lipinski definition) is 2. The maximum atomic E-state index is 9.66. The van der Waals surface area contributed by atoms with Crippen LogP contribution < -0.4 is 5.32 Å². The average molecular weight is 171 g/mol. The van der Waals surface area contributed by atoms with Crippen molar-refractivity contribution in [2.45, 2.75) is 51.7 Å². The van der Waals surface area contributed by atoms with Crippen LogP contribution in [0.5, 0.6) is 0 Å². The lowest BCUT2D eigenvalue weighted by atomic mass is 9.99. The third kappa shape index (κ3) is 3.55. The van der Waals surface area contributed by atoms with Crippen LogP contribution >= 0.6 is 0 Å². The molecular formula is C10H21NO. The highest BCUT2D eigenvalue weighted by atomic mass is 16.3. The number of aliphatic hydroxyl groups excluding tert-OH is 1. The third-order valence-electron chi connectivity index (χ3n) is 2.59. The Hall–Kier alpha value is -0.0800. The van der Waals surface area contributed by atoms with Gasteiger partial charge in [-0.15, -0.1) is 0 Å². The molecule has 1 aliphatic carbocycles. The van der Waals surface area contributed by atoms with Gasteiger partial charge in [0.1, 0.15) is 0 Å². The van der Waals surface area contributed by atoms with Crippen molar-refractivity contribution in [1.82, 2.24) is 5.32 Å². The van der Waals surface area contributed by atoms with Gasteiger partial charge in [-0.1, -0.05) is 20.3 Å². The van der Waals surface area contributed by atoms with Crippen molar-refractivity contribution < 1.29 is 5.11 Å². The fraction of sp³-hybridized carbons (Fsp3) is 1.00. The first-order chi connectivity index (χ1) is 5.74. The lowest BCUT2D eigenvalue weighted by Gasteiger charge is -2.18. The lowest BCUT2D eigenvalue weighted by molar-refractivity contribution is 0.109. The minimum absolute atomic E-state index is 0.148. The molecule has 0 aromatic rings. The van der Waals surface area contributed by atoms with E-state index >= 15 is 0 Å². The molecule has 2 unspecified atom stereocenters. The summed E-state index contributed by atoms with van der Waals surface area (Å²) >= 11 is 0. The summed E-state index contributed by atoms with van der Waals surface area (Å²) in [7, 11) is 0. The van der Waals surface area contributed by atoms with Crippen LogP contribution in [0.4, 0.5) is 0 Å². The van der Waals surface area contributed by atoms with Crippen molar-refractivity contribution >= 4 is 0 Å². The molecule has 1 rings (SSSR count). The molecule has 2 N–H and O–H groups in total. The van der Waals surface area contributed by atoms with Gasteiger partial charge in [0.2, 0.25) is 0 Å². The van der Waals surface area contributed by atoms with E-state index in [0.29, 0.717) is 12.0 Å². The molecule has 0 aromatic heterocycles. The molecule has 0 radical (unpaired) electrons. The number of nitrogens with one attached hydrogen (secondary N) is 1. The lowest BCUT2D eigenvalue weighted by Crippen LogP contribution is -2.32. The number of rotatable bonds is 6. The SMILES string of the molecule is CCCC(C)C(O)CNC1CC1. The van der Waals surface area contributed by atoms with E-state index in [1.54, 1.807) is 0 Å². The minimum Gasteiger partial charge on any atom is -0.392 e. The standard InChI is InChI=1S/C10H21NO/c1-3-4-8(2)10(12)7-11-9-5-6-9/h8-12H,3-7H2,1-2H3. The fourth-order valence-electron chi connectivity index (χ4n) is 1.42. The van der Waals surface area contributed by atoms with Crippen LogP contribution in [0.2, 0.25) is 0 Å². The second-order valence-corrected chi connectivity index (χ2v) is 4.02. The van der Waals surface area contributed by atoms with Gasteiger partial charge in [0, 0.05) is 12.6 Å². The summed E-state index contributed by atoms with van der Waals surface area (Å²) in [5.41, 5.74) is 0. The van der Waals surface area contributed by atoms with Crippen molar-refractivity contribution in [3.05, 3.63) is 0 Å². The molecule has 12 heavy (non-hydrogen) atoms. The number of aliphatic hydroxyl groups is 1. The molecule has 0 amide bonds. The first-order valence-electron chi connectivity index (χ1n) is 5.15. The van der Waals surface area contributed by atoms with Gasteiger partial charge in [-0.25, -0.2) is 0 Å². The zero-order chi connectivity index (χ0) is 8.97. The van der Waals surface area contributed by atoms with E-state index in [1.807, 2.05) is 0 Å². The van der Waals surface area contributed by atoms with Crippen molar-refractivity contribution in [3.8, 4) is 0 Å². The van der Waals surface area contributed by atoms with E-state index in [-0.39, 0.29) is 6.10 Å². The maximum Gasteiger partial charge on any atom is 0.0690 e. The first-order valence-corrected chi connectivity index (χ1v) is 5.15. The van der Waals surface area contributed by atoms with E-state index < -0.39 is 0 Å². The maximum absolute atomic E-state index is 9.66. The van der Waals surface area contributed by atoms with Crippen molar-refractivity contribution in [3.63, 3.8) is 0 Å². The molecule has 72 valence electrons. The van der Waals surface area contributed by atoms with Gasteiger partial charge in [-0.2, -0.15) is 0 Å². The topological polar surface area (TPSA) is 32.3 Å². The molecule has 1 fully saturated rings. The normalized spacial score (nSPS) is 22.2. The van der Waals surface area contributed by atoms with Gasteiger partial charge in [0.15, 0.2) is 0 Å². The second kappa shape index (κ2) is 4.83. The molecule has 2 atom stereocenters. The van der Waals surface area contributed by atoms with Crippen LogP contribution in [0, 0.1) is 5.92 Å². The Kier molecular flexibility index (Phi) is 4.02. The van der Waals surface area contributed by atoms with Gasteiger partial charge in [0.25, 0.3) is 0 Å². The molecule has 0 aromatic carbocycles. The zero-order valence-electron chi connectivity index (χ0n) is 8.21. The highest BCUT2D eigenvalue weighted by Gasteiger charge is 2.22. The van der Waals surface area contributed by atoms with Gasteiger partial charge < -0.3 is 10.4 Å². The Balaban J connectivity index is 2.03. The summed E-state index contributed by atoms with van der Waals surface area (Å²) in [4.78, 5) is 0. The molecule has 0 heterocycles. The zero-order valence-corrected chi connectivity index (χ0v) is 8.21. The van der Waals surface area contributed by atoms with E-state index in [9.17, 15) is 5.11 Å². The molecule has 1 aliphatic rings. The molecule has 0 bridgehead atoms. The van der Waals surface area contributed by atoms with Crippen molar-refractivity contribution in [2.75, 3.05) is 6.54 Å². The largest absolute Gasteiger partial charge is 0.392 e. The molecule has 1 saturated carbocycles. The summed E-state index contributed by atoms with van der Waals surface area (Å²) < 4.78 is 0. The van der Waals surface area contributed by atoms with Crippen LogP contribution in [0.1, 0.15) is 39.5 Å². The Morgan fingerprint density at radius 3 is 2.67 bits per heavy atom. The number of hydrogen-bond donors (Lipinski definition) is 2. The monoisotopic (exact) mass is 171 g/mol. The van der Waals surface area contributed by atoms with E-state index in [2.05, 4.69) is 19.2 Å². The molecule has 0 aliphatic heterocycles. The van der Waals surface area contributed by atoms with Gasteiger partial charge >= 0.3 is 0 Å². The molecule has 2 nitrogen and oxygen atoms in total. The minimum atomic E-state index is -0.148. The highest BCUT2D eigenvalue weighted by Crippen LogP contribution is 2.19. The summed E-state index contributed by atoms with van der Waals surface area (Å²) in [5, 5.41) is 13.0. The summed E-state index contributed by atoms with van der Waals surface area (Å²) in [6.07, 6.45) is 4.75. The summed E-state index contributed by atoms with van der Waals surface area (Å²) in [5.74, 6) is 0.446. The van der Waals surface area contributed by atoms with Crippen molar-refractivity contribution in [1.29, 1.82) is 0 Å². The van der Waals surface area contributed by atoms with Crippen LogP contribution in [-0.4, -0.2) is 23.8 Å². The van der Waals surface area contributed by atoms with Gasteiger partial charge in [-0.05, 0) is 25.2 Å². The molecule has 0 saturated heterocycles. The van der Waals surface area contributed by atoms with Crippen LogP contribution in [0.15, 0.2) is 0 Å². The van der Waals surface area contributed by atoms with Crippen LogP contribution in [-0.2, 0) is 0 Å². The predicted molar refractivity (Wildman–Crippen MR) is 51.1 cm³/mol. The average Bonchev–Trinajstić information content (AvgIpc) is 2.83. The quantitative estimate of drug-likeness (QED) is 0.635. The van der Waals surface area contributed by atoms with Gasteiger partial charge in [0.05, 0.1) is 6.10 Å². The molecule has 2 heteroatoms. The Labute approximate surface area is 75.4 Å². The summed E-state index contributed by atoms with van der Waals surface area (Å²) in [6, 6.07) is 0.716. The Morgan fingerprint density at radius 1 is 1.50 bits per heavy atom. The second-order valence-electron chi connectivity index (χ2n) is 4.02. The fourth-order valence-corrected chi connectivity index (χ4v) is 1.42. The third-order valence-corrected chi connectivity index (χ3v) is 2.59.